The fourth-order valence-electron chi connectivity index (χ4n) is 5.99. The van der Waals surface area contributed by atoms with Crippen LogP contribution in [-0.2, 0) is 11.2 Å². The number of carbonyl (C=O) groups excluding carboxylic acids is 4. The highest BCUT2D eigenvalue weighted by molar-refractivity contribution is 6.33. The predicted octanol–water partition coefficient (Wildman–Crippen LogP) is 4.65. The third-order valence-corrected chi connectivity index (χ3v) is 8.29. The number of hydrogen-bond acceptors (Lipinski definition) is 5. The summed E-state index contributed by atoms with van der Waals surface area (Å²) < 4.78 is 0. The van der Waals surface area contributed by atoms with Crippen molar-refractivity contribution >= 4 is 51.3 Å². The minimum absolute atomic E-state index is 0.0899. The van der Waals surface area contributed by atoms with Crippen LogP contribution in [0.2, 0.25) is 0 Å². The highest BCUT2D eigenvalue weighted by Crippen LogP contribution is 2.39. The SMILES string of the molecule is CCC(CC)CN1C(=O)c2ccc3c4c(ccc(c24)C1=O)C(=O)N([C@@H](Cc1c[nH]c2ccccc12)C(=O)O)C3=O. The second-order valence-electron chi connectivity index (χ2n) is 10.4. The van der Waals surface area contributed by atoms with Crippen molar-refractivity contribution in [1.29, 1.82) is 0 Å². The van der Waals surface area contributed by atoms with Gasteiger partial charge in [0.15, 0.2) is 0 Å². The number of nitrogens with zero attached hydrogens (tertiary/aromatic N) is 2. The lowest BCUT2D eigenvalue weighted by molar-refractivity contribution is -0.141. The van der Waals surface area contributed by atoms with Crippen LogP contribution in [-0.4, -0.2) is 62.1 Å². The van der Waals surface area contributed by atoms with Gasteiger partial charge in [-0.15, -0.1) is 0 Å². The van der Waals surface area contributed by atoms with E-state index in [4.69, 9.17) is 0 Å². The molecule has 2 aliphatic heterocycles. The molecule has 0 spiro atoms. The molecule has 3 heterocycles. The first-order valence-electron chi connectivity index (χ1n) is 13.4. The molecular formula is C31H27N3O6. The number of imide groups is 2. The molecule has 4 amide bonds. The minimum atomic E-state index is -1.46. The second-order valence-corrected chi connectivity index (χ2v) is 10.4. The van der Waals surface area contributed by atoms with Gasteiger partial charge in [0.1, 0.15) is 6.04 Å². The van der Waals surface area contributed by atoms with Gasteiger partial charge < -0.3 is 10.1 Å². The van der Waals surface area contributed by atoms with Gasteiger partial charge in [0.05, 0.1) is 0 Å². The lowest BCUT2D eigenvalue weighted by atomic mass is 9.85. The molecule has 2 N–H and O–H groups in total. The molecule has 9 nitrogen and oxygen atoms in total. The maximum absolute atomic E-state index is 13.8. The Bertz CT molecular complexity index is 1700. The van der Waals surface area contributed by atoms with E-state index in [2.05, 4.69) is 4.98 Å². The van der Waals surface area contributed by atoms with Crippen molar-refractivity contribution in [2.24, 2.45) is 5.92 Å². The lowest BCUT2D eigenvalue weighted by Crippen LogP contribution is -2.52. The van der Waals surface area contributed by atoms with Crippen LogP contribution in [0.1, 0.15) is 73.7 Å². The molecule has 3 aromatic carbocycles. The number of benzene rings is 3. The molecule has 2 aliphatic rings. The summed E-state index contributed by atoms with van der Waals surface area (Å²) in [7, 11) is 0. The molecule has 4 aromatic rings. The number of nitrogens with one attached hydrogen (secondary N) is 1. The van der Waals surface area contributed by atoms with E-state index >= 15 is 0 Å². The van der Waals surface area contributed by atoms with E-state index in [0.29, 0.717) is 5.56 Å². The van der Waals surface area contributed by atoms with Crippen LogP contribution in [0.15, 0.2) is 54.7 Å². The van der Waals surface area contributed by atoms with Gasteiger partial charge in [-0.25, -0.2) is 4.79 Å². The highest BCUT2D eigenvalue weighted by atomic mass is 16.4. The van der Waals surface area contributed by atoms with Gasteiger partial charge in [0.25, 0.3) is 23.6 Å². The fourth-order valence-corrected chi connectivity index (χ4v) is 5.99. The Labute approximate surface area is 229 Å². The summed E-state index contributed by atoms with van der Waals surface area (Å²) in [5.74, 6) is -3.62. The van der Waals surface area contributed by atoms with Crippen molar-refractivity contribution in [3.8, 4) is 0 Å². The third kappa shape index (κ3) is 3.65. The number of rotatable bonds is 8. The number of amides is 4. The van der Waals surface area contributed by atoms with Crippen LogP contribution in [0.5, 0.6) is 0 Å². The van der Waals surface area contributed by atoms with Gasteiger partial charge >= 0.3 is 5.97 Å². The summed E-state index contributed by atoms with van der Waals surface area (Å²) in [6.45, 7) is 4.31. The Balaban J connectivity index is 1.43. The van der Waals surface area contributed by atoms with Crippen LogP contribution < -0.4 is 0 Å². The molecule has 6 rings (SSSR count). The van der Waals surface area contributed by atoms with E-state index in [1.165, 1.54) is 29.2 Å². The van der Waals surface area contributed by atoms with Gasteiger partial charge in [0, 0.05) is 63.1 Å². The number of carboxylic acid groups (broad SMARTS) is 1. The third-order valence-electron chi connectivity index (χ3n) is 8.29. The molecular weight excluding hydrogens is 510 g/mol. The Hall–Kier alpha value is -4.79. The van der Waals surface area contributed by atoms with Gasteiger partial charge in [-0.1, -0.05) is 44.9 Å². The molecule has 0 radical (unpaired) electrons. The number of hydrogen-bond donors (Lipinski definition) is 2. The molecule has 1 aromatic heterocycles. The summed E-state index contributed by atoms with van der Waals surface area (Å²) in [6.07, 6.45) is 3.22. The lowest BCUT2D eigenvalue weighted by Gasteiger charge is -2.34. The number of aromatic nitrogens is 1. The summed E-state index contributed by atoms with van der Waals surface area (Å²) in [5, 5.41) is 11.5. The minimum Gasteiger partial charge on any atom is -0.480 e. The predicted molar refractivity (Wildman–Crippen MR) is 147 cm³/mol. The average Bonchev–Trinajstić information content (AvgIpc) is 3.37. The zero-order valence-corrected chi connectivity index (χ0v) is 22.1. The summed E-state index contributed by atoms with van der Waals surface area (Å²) in [4.78, 5) is 72.1. The summed E-state index contributed by atoms with van der Waals surface area (Å²) in [5.41, 5.74) is 2.17. The van der Waals surface area contributed by atoms with E-state index in [0.717, 1.165) is 28.6 Å². The molecule has 0 aliphatic carbocycles. The van der Waals surface area contributed by atoms with Gasteiger partial charge in [-0.05, 0) is 41.8 Å². The zero-order chi connectivity index (χ0) is 28.3. The summed E-state index contributed by atoms with van der Waals surface area (Å²) >= 11 is 0. The highest BCUT2D eigenvalue weighted by Gasteiger charge is 2.44. The van der Waals surface area contributed by atoms with Crippen LogP contribution in [0.25, 0.3) is 21.7 Å². The topological polar surface area (TPSA) is 128 Å². The zero-order valence-electron chi connectivity index (χ0n) is 22.1. The van der Waals surface area contributed by atoms with Crippen molar-refractivity contribution in [2.75, 3.05) is 6.54 Å². The van der Waals surface area contributed by atoms with Gasteiger partial charge in [-0.2, -0.15) is 0 Å². The van der Waals surface area contributed by atoms with Crippen molar-refractivity contribution in [3.05, 3.63) is 82.5 Å². The van der Waals surface area contributed by atoms with E-state index < -0.39 is 35.6 Å². The first-order chi connectivity index (χ1) is 19.3. The quantitative estimate of drug-likeness (QED) is 0.315. The maximum atomic E-state index is 13.8. The first kappa shape index (κ1) is 25.5. The molecule has 9 heteroatoms. The average molecular weight is 538 g/mol. The maximum Gasteiger partial charge on any atom is 0.327 e. The van der Waals surface area contributed by atoms with Crippen LogP contribution in [0, 0.1) is 5.92 Å². The number of aromatic amines is 1. The standard InChI is InChI=1S/C31H27N3O6/c1-3-16(4-2)15-33-27(35)19-9-11-21-26-22(12-10-20(25(19)26)28(33)36)30(38)34(29(21)37)24(31(39)40)13-17-14-32-23-8-6-5-7-18(17)23/h5-12,14,16,24,32H,3-4,13,15H2,1-2H3,(H,39,40)/t24-/m0/s1. The number of fused-ring (bicyclic) bond motifs is 1. The number of H-pyrrole nitrogens is 1. The van der Waals surface area contributed by atoms with E-state index in [9.17, 15) is 29.1 Å². The molecule has 0 saturated carbocycles. The fraction of sp³-hybridized carbons (Fsp3) is 0.258. The molecule has 0 fully saturated rings. The van der Waals surface area contributed by atoms with E-state index in [1.54, 1.807) is 6.20 Å². The molecule has 0 bridgehead atoms. The van der Waals surface area contributed by atoms with Crippen LogP contribution in [0.4, 0.5) is 0 Å². The Kier molecular flexibility index (Phi) is 6.02. The summed E-state index contributed by atoms with van der Waals surface area (Å²) in [6, 6.07) is 11.8. The number of carbonyl (C=O) groups is 5. The molecule has 1 atom stereocenters. The van der Waals surface area contributed by atoms with Crippen molar-refractivity contribution in [2.45, 2.75) is 39.2 Å². The van der Waals surface area contributed by atoms with Crippen molar-refractivity contribution < 1.29 is 29.1 Å². The Morgan fingerprint density at radius 3 is 1.85 bits per heavy atom. The number of para-hydroxylation sites is 1. The van der Waals surface area contributed by atoms with Gasteiger partial charge in [-0.3, -0.25) is 29.0 Å². The largest absolute Gasteiger partial charge is 0.480 e. The number of carboxylic acids is 1. The van der Waals surface area contributed by atoms with Crippen LogP contribution in [0.3, 0.4) is 0 Å². The van der Waals surface area contributed by atoms with Crippen molar-refractivity contribution in [3.63, 3.8) is 0 Å². The van der Waals surface area contributed by atoms with Crippen LogP contribution >= 0.6 is 0 Å². The molecule has 202 valence electrons. The normalized spacial score (nSPS) is 15.6. The van der Waals surface area contributed by atoms with E-state index in [-0.39, 0.29) is 51.9 Å². The Morgan fingerprint density at radius 2 is 1.32 bits per heavy atom. The Morgan fingerprint density at radius 1 is 0.800 bits per heavy atom. The molecule has 40 heavy (non-hydrogen) atoms. The monoisotopic (exact) mass is 537 g/mol. The van der Waals surface area contributed by atoms with Crippen molar-refractivity contribution in [1.82, 2.24) is 14.8 Å². The van der Waals surface area contributed by atoms with E-state index in [1.807, 2.05) is 38.1 Å². The molecule has 0 unspecified atom stereocenters. The number of aliphatic carboxylic acids is 1. The first-order valence-corrected chi connectivity index (χ1v) is 13.4. The molecule has 0 saturated heterocycles. The smallest absolute Gasteiger partial charge is 0.327 e. The van der Waals surface area contributed by atoms with Gasteiger partial charge in [0.2, 0.25) is 0 Å². The second kappa shape index (κ2) is 9.44.